The van der Waals surface area contributed by atoms with Gasteiger partial charge in [-0.15, -0.1) is 0 Å². The van der Waals surface area contributed by atoms with Crippen molar-refractivity contribution in [3.63, 3.8) is 0 Å². The van der Waals surface area contributed by atoms with Crippen molar-refractivity contribution < 1.29 is 19.0 Å². The minimum Gasteiger partial charge on any atom is -0.507 e. The second kappa shape index (κ2) is 11.0. The van der Waals surface area contributed by atoms with Crippen LogP contribution in [0.15, 0.2) is 106 Å². The molecular formula is C34H27N5O4. The number of nitrogens with zero attached hydrogens (tertiary/aromatic N) is 5. The lowest BCUT2D eigenvalue weighted by molar-refractivity contribution is 0.242. The van der Waals surface area contributed by atoms with E-state index in [9.17, 15) is 10.2 Å². The molecule has 7 aromatic rings. The van der Waals surface area contributed by atoms with Crippen molar-refractivity contribution in [2.75, 3.05) is 0 Å². The summed E-state index contributed by atoms with van der Waals surface area (Å²) in [5.41, 5.74) is 6.86. The van der Waals surface area contributed by atoms with Gasteiger partial charge in [0.1, 0.15) is 22.5 Å². The number of aromatic nitrogens is 4. The Morgan fingerprint density at radius 1 is 0.628 bits per heavy atom. The molecule has 43 heavy (non-hydrogen) atoms. The monoisotopic (exact) mass is 569 g/mol. The normalized spacial score (nSPS) is 11.6. The van der Waals surface area contributed by atoms with E-state index in [4.69, 9.17) is 13.8 Å². The third-order valence-electron chi connectivity index (χ3n) is 7.32. The smallest absolute Gasteiger partial charge is 0.231 e. The first-order valence-electron chi connectivity index (χ1n) is 13.9. The summed E-state index contributed by atoms with van der Waals surface area (Å²) >= 11 is 0. The molecule has 4 heterocycles. The molecule has 0 aliphatic rings. The molecule has 0 bridgehead atoms. The van der Waals surface area contributed by atoms with Gasteiger partial charge in [0, 0.05) is 32.0 Å². The molecule has 0 fully saturated rings. The van der Waals surface area contributed by atoms with Gasteiger partial charge in [-0.25, -0.2) is 9.97 Å². The molecule has 0 unspecified atom stereocenters. The zero-order valence-electron chi connectivity index (χ0n) is 23.3. The fourth-order valence-corrected chi connectivity index (χ4v) is 5.22. The van der Waals surface area contributed by atoms with Crippen molar-refractivity contribution in [2.45, 2.75) is 26.6 Å². The quantitative estimate of drug-likeness (QED) is 0.186. The summed E-state index contributed by atoms with van der Waals surface area (Å²) in [6.07, 6.45) is 3.58. The second-order valence-corrected chi connectivity index (χ2v) is 10.4. The second-order valence-electron chi connectivity index (χ2n) is 10.4. The number of rotatable bonds is 8. The van der Waals surface area contributed by atoms with E-state index in [1.54, 1.807) is 12.4 Å². The summed E-state index contributed by atoms with van der Waals surface area (Å²) in [6.45, 7) is 3.73. The van der Waals surface area contributed by atoms with E-state index in [2.05, 4.69) is 19.9 Å². The molecule has 0 saturated heterocycles. The van der Waals surface area contributed by atoms with Gasteiger partial charge in [-0.2, -0.15) is 0 Å². The molecule has 9 heteroatoms. The highest BCUT2D eigenvalue weighted by atomic mass is 16.4. The lowest BCUT2D eigenvalue weighted by Crippen LogP contribution is -2.23. The van der Waals surface area contributed by atoms with E-state index in [1.165, 1.54) is 12.1 Å². The molecule has 0 aliphatic carbocycles. The average Bonchev–Trinajstić information content (AvgIpc) is 3.65. The van der Waals surface area contributed by atoms with Crippen LogP contribution in [0.1, 0.15) is 22.5 Å². The summed E-state index contributed by atoms with van der Waals surface area (Å²) in [5.74, 6) is 0.170. The number of pyridine rings is 2. The predicted octanol–water partition coefficient (Wildman–Crippen LogP) is 7.02. The van der Waals surface area contributed by atoms with Crippen LogP contribution in [-0.2, 0) is 19.6 Å². The fraction of sp³-hybridized carbons (Fsp3) is 0.118. The van der Waals surface area contributed by atoms with E-state index in [1.807, 2.05) is 79.7 Å². The Hall–Kier alpha value is -5.54. The van der Waals surface area contributed by atoms with E-state index >= 15 is 0 Å². The van der Waals surface area contributed by atoms with Gasteiger partial charge in [0.05, 0.1) is 22.5 Å². The van der Waals surface area contributed by atoms with Crippen molar-refractivity contribution in [1.29, 1.82) is 0 Å². The maximum atomic E-state index is 11.0. The van der Waals surface area contributed by atoms with Crippen molar-refractivity contribution in [2.24, 2.45) is 0 Å². The number of aromatic hydroxyl groups is 2. The maximum Gasteiger partial charge on any atom is 0.231 e. The van der Waals surface area contributed by atoms with Gasteiger partial charge in [-0.05, 0) is 66.6 Å². The van der Waals surface area contributed by atoms with Crippen LogP contribution in [0.25, 0.3) is 45.1 Å². The SMILES string of the molecule is Cc1cccc2oc(-c3cc(O)c(-c4nc5c(CN(Cc6ccccn6)Cc6ccccn6)cccc5o4)cc3O)nc12. The minimum absolute atomic E-state index is 0.114. The molecule has 2 N–H and O–H groups in total. The molecule has 0 amide bonds. The van der Waals surface area contributed by atoms with Crippen molar-refractivity contribution in [3.05, 3.63) is 120 Å². The first-order chi connectivity index (χ1) is 21.0. The number of phenols is 2. The van der Waals surface area contributed by atoms with Crippen LogP contribution in [-0.4, -0.2) is 35.0 Å². The Labute approximate surface area is 246 Å². The Morgan fingerprint density at radius 3 is 1.74 bits per heavy atom. The Bertz CT molecular complexity index is 2010. The Balaban J connectivity index is 1.22. The lowest BCUT2D eigenvalue weighted by atomic mass is 10.1. The first-order valence-corrected chi connectivity index (χ1v) is 13.9. The predicted molar refractivity (Wildman–Crippen MR) is 162 cm³/mol. The molecule has 0 atom stereocenters. The number of benzene rings is 3. The minimum atomic E-state index is -0.119. The van der Waals surface area contributed by atoms with Gasteiger partial charge >= 0.3 is 0 Å². The van der Waals surface area contributed by atoms with Crippen molar-refractivity contribution in [1.82, 2.24) is 24.8 Å². The average molecular weight is 570 g/mol. The highest BCUT2D eigenvalue weighted by Gasteiger charge is 2.21. The van der Waals surface area contributed by atoms with Gasteiger partial charge < -0.3 is 19.0 Å². The van der Waals surface area contributed by atoms with Gasteiger partial charge in [0.15, 0.2) is 11.2 Å². The molecule has 9 nitrogen and oxygen atoms in total. The van der Waals surface area contributed by atoms with E-state index < -0.39 is 0 Å². The van der Waals surface area contributed by atoms with Crippen LogP contribution in [0.2, 0.25) is 0 Å². The van der Waals surface area contributed by atoms with E-state index in [-0.39, 0.29) is 34.4 Å². The van der Waals surface area contributed by atoms with E-state index in [0.717, 1.165) is 22.5 Å². The lowest BCUT2D eigenvalue weighted by Gasteiger charge is -2.22. The Kier molecular flexibility index (Phi) is 6.76. The number of fused-ring (bicyclic) bond motifs is 2. The van der Waals surface area contributed by atoms with Crippen LogP contribution in [0, 0.1) is 6.92 Å². The highest BCUT2D eigenvalue weighted by Crippen LogP contribution is 2.41. The number of hydrogen-bond acceptors (Lipinski definition) is 9. The zero-order chi connectivity index (χ0) is 29.3. The summed E-state index contributed by atoms with van der Waals surface area (Å²) in [4.78, 5) is 20.6. The third kappa shape index (κ3) is 5.29. The maximum absolute atomic E-state index is 11.0. The molecule has 3 aromatic carbocycles. The molecule has 4 aromatic heterocycles. The number of phenolic OH excluding ortho intramolecular Hbond substituents is 2. The van der Waals surface area contributed by atoms with Crippen LogP contribution in [0.5, 0.6) is 11.5 Å². The third-order valence-corrected chi connectivity index (χ3v) is 7.32. The van der Waals surface area contributed by atoms with Gasteiger partial charge in [0.25, 0.3) is 0 Å². The van der Waals surface area contributed by atoms with Gasteiger partial charge in [-0.3, -0.25) is 14.9 Å². The largest absolute Gasteiger partial charge is 0.507 e. The number of para-hydroxylation sites is 2. The number of aryl methyl sites for hydroxylation is 1. The summed E-state index contributed by atoms with van der Waals surface area (Å²) in [6, 6.07) is 26.0. The standard InChI is InChI=1S/C34H27N5O4/c1-21-8-6-12-29-31(21)37-33(42-29)25-16-28(41)26(17-27(25)40)34-38-32-22(9-7-13-30(32)43-34)18-39(19-23-10-2-4-14-35-23)20-24-11-3-5-15-36-24/h2-17,40-41H,18-20H2,1H3. The molecular weight excluding hydrogens is 542 g/mol. The van der Waals surface area contributed by atoms with Crippen LogP contribution in [0.4, 0.5) is 0 Å². The molecule has 0 radical (unpaired) electrons. The number of oxazole rings is 2. The topological polar surface area (TPSA) is 122 Å². The molecule has 0 saturated carbocycles. The van der Waals surface area contributed by atoms with Crippen molar-refractivity contribution in [3.8, 4) is 34.4 Å². The first kappa shape index (κ1) is 26.4. The summed E-state index contributed by atoms with van der Waals surface area (Å²) in [7, 11) is 0. The summed E-state index contributed by atoms with van der Waals surface area (Å²) < 4.78 is 12.0. The van der Waals surface area contributed by atoms with E-state index in [0.29, 0.717) is 41.8 Å². The zero-order valence-corrected chi connectivity index (χ0v) is 23.3. The van der Waals surface area contributed by atoms with Crippen LogP contribution in [0.3, 0.4) is 0 Å². The highest BCUT2D eigenvalue weighted by molar-refractivity contribution is 5.84. The van der Waals surface area contributed by atoms with Crippen LogP contribution < -0.4 is 0 Å². The molecule has 7 rings (SSSR count). The molecule has 212 valence electrons. The molecule has 0 spiro atoms. The van der Waals surface area contributed by atoms with Crippen molar-refractivity contribution >= 4 is 22.2 Å². The van der Waals surface area contributed by atoms with Gasteiger partial charge in [0.2, 0.25) is 11.8 Å². The Morgan fingerprint density at radius 2 is 1.19 bits per heavy atom. The fourth-order valence-electron chi connectivity index (χ4n) is 5.22. The van der Waals surface area contributed by atoms with Crippen LogP contribution >= 0.6 is 0 Å². The van der Waals surface area contributed by atoms with Gasteiger partial charge in [-0.1, -0.05) is 36.4 Å². The molecule has 0 aliphatic heterocycles. The summed E-state index contributed by atoms with van der Waals surface area (Å²) in [5, 5.41) is 22.0. The number of hydrogen-bond donors (Lipinski definition) is 2.